The summed E-state index contributed by atoms with van der Waals surface area (Å²) in [4.78, 5) is 31.7. The number of fused-ring (bicyclic) bond motifs is 1. The van der Waals surface area contributed by atoms with Crippen LogP contribution in [0.3, 0.4) is 0 Å². The van der Waals surface area contributed by atoms with Crippen LogP contribution in [-0.4, -0.2) is 35.4 Å². The van der Waals surface area contributed by atoms with E-state index < -0.39 is 0 Å². The lowest BCUT2D eigenvalue weighted by Gasteiger charge is -2.28. The van der Waals surface area contributed by atoms with Crippen LogP contribution in [0.1, 0.15) is 42.2 Å². The highest BCUT2D eigenvalue weighted by Crippen LogP contribution is 2.41. The number of rotatable bonds is 6. The lowest BCUT2D eigenvalue weighted by atomic mass is 9.79. The van der Waals surface area contributed by atoms with Crippen LogP contribution < -0.4 is 0 Å². The second-order valence-electron chi connectivity index (χ2n) is 7.86. The van der Waals surface area contributed by atoms with Crippen molar-refractivity contribution in [3.05, 3.63) is 65.2 Å². The van der Waals surface area contributed by atoms with Crippen molar-refractivity contribution >= 4 is 33.4 Å². The van der Waals surface area contributed by atoms with Crippen molar-refractivity contribution < 1.29 is 14.3 Å². The molecule has 1 aliphatic carbocycles. The number of carbonyl (C=O) groups is 2. The Labute approximate surface area is 180 Å². The third-order valence-corrected chi connectivity index (χ3v) is 6.89. The third-order valence-electron chi connectivity index (χ3n) is 5.72. The molecule has 0 unspecified atom stereocenters. The minimum atomic E-state index is -0.277. The number of likely N-dealkylation sites (N-methyl/N-ethyl adjacent to an activating group) is 1. The molecule has 3 aromatic rings. The topological polar surface area (TPSA) is 59.5 Å². The molecule has 1 heterocycles. The van der Waals surface area contributed by atoms with E-state index in [0.717, 1.165) is 46.5 Å². The normalized spacial score (nSPS) is 18.8. The number of hydrogen-bond donors (Lipinski definition) is 0. The third kappa shape index (κ3) is 4.70. The summed E-state index contributed by atoms with van der Waals surface area (Å²) in [6.07, 6.45) is 3.81. The minimum Gasteiger partial charge on any atom is -0.455 e. The van der Waals surface area contributed by atoms with Gasteiger partial charge in [0.25, 0.3) is 5.91 Å². The van der Waals surface area contributed by atoms with Gasteiger partial charge in [-0.1, -0.05) is 55.3 Å². The van der Waals surface area contributed by atoms with Crippen molar-refractivity contribution in [3.8, 4) is 0 Å². The molecule has 0 saturated heterocycles. The molecule has 1 fully saturated rings. The maximum atomic E-state index is 12.9. The fourth-order valence-electron chi connectivity index (χ4n) is 4.05. The van der Waals surface area contributed by atoms with Crippen molar-refractivity contribution in [1.29, 1.82) is 0 Å². The number of esters is 1. The van der Waals surface area contributed by atoms with Gasteiger partial charge in [-0.05, 0) is 30.5 Å². The summed E-state index contributed by atoms with van der Waals surface area (Å²) >= 11 is 1.66. The van der Waals surface area contributed by atoms with E-state index in [1.54, 1.807) is 23.3 Å². The van der Waals surface area contributed by atoms with Gasteiger partial charge in [0.2, 0.25) is 0 Å². The van der Waals surface area contributed by atoms with Gasteiger partial charge in [0.05, 0.1) is 21.1 Å². The molecule has 0 bridgehead atoms. The molecule has 0 N–H and O–H groups in total. The molecule has 1 amide bonds. The van der Waals surface area contributed by atoms with Crippen molar-refractivity contribution in [3.63, 3.8) is 0 Å². The van der Waals surface area contributed by atoms with Crippen LogP contribution in [-0.2, 0) is 20.9 Å². The number of amides is 1. The number of thiazole rings is 1. The Hall–Kier alpha value is -2.73. The van der Waals surface area contributed by atoms with Gasteiger partial charge in [-0.25, -0.2) is 4.98 Å². The van der Waals surface area contributed by atoms with Crippen molar-refractivity contribution in [2.45, 2.75) is 38.1 Å². The molecule has 156 valence electrons. The van der Waals surface area contributed by atoms with E-state index in [0.29, 0.717) is 6.54 Å². The first-order valence-electron chi connectivity index (χ1n) is 10.4. The monoisotopic (exact) mass is 422 g/mol. The Bertz CT molecular complexity index is 984. The number of benzene rings is 2. The summed E-state index contributed by atoms with van der Waals surface area (Å²) in [5.41, 5.74) is 2.02. The predicted octanol–water partition coefficient (Wildman–Crippen LogP) is 4.77. The zero-order valence-electron chi connectivity index (χ0n) is 17.1. The molecular formula is C24H26N2O3S. The highest BCUT2D eigenvalue weighted by molar-refractivity contribution is 7.18. The molecule has 5 nitrogen and oxygen atoms in total. The van der Waals surface area contributed by atoms with Gasteiger partial charge >= 0.3 is 5.97 Å². The average Bonchev–Trinajstić information content (AvgIpc) is 3.22. The van der Waals surface area contributed by atoms with Crippen LogP contribution in [0.5, 0.6) is 0 Å². The standard InChI is InChI=1S/C24H26N2O3S/c1-26(15-17-9-3-2-4-10-17)22(27)16-29-24(28)19-12-6-5-11-18(19)23-25-20-13-7-8-14-21(20)30-23/h2-4,7-10,13-14,18-19H,5-6,11-12,15-16H2,1H3/t18-,19+/m1/s1. The van der Waals surface area contributed by atoms with E-state index in [1.807, 2.05) is 48.5 Å². The van der Waals surface area contributed by atoms with Gasteiger partial charge in [0.1, 0.15) is 0 Å². The quantitative estimate of drug-likeness (QED) is 0.537. The van der Waals surface area contributed by atoms with E-state index in [-0.39, 0.29) is 30.3 Å². The first kappa shape index (κ1) is 20.5. The molecule has 0 aliphatic heterocycles. The maximum Gasteiger partial charge on any atom is 0.310 e. The number of carbonyl (C=O) groups excluding carboxylic acids is 2. The number of para-hydroxylation sites is 1. The number of nitrogens with zero attached hydrogens (tertiary/aromatic N) is 2. The van der Waals surface area contributed by atoms with Crippen molar-refractivity contribution in [2.75, 3.05) is 13.7 Å². The smallest absolute Gasteiger partial charge is 0.310 e. The molecule has 1 aromatic heterocycles. The number of ether oxygens (including phenoxy) is 1. The van der Waals surface area contributed by atoms with Crippen molar-refractivity contribution in [2.24, 2.45) is 5.92 Å². The molecule has 6 heteroatoms. The van der Waals surface area contributed by atoms with Gasteiger partial charge in [-0.3, -0.25) is 9.59 Å². The summed E-state index contributed by atoms with van der Waals surface area (Å²) < 4.78 is 6.62. The average molecular weight is 423 g/mol. The van der Waals surface area contributed by atoms with Crippen LogP contribution in [0.2, 0.25) is 0 Å². The Morgan fingerprint density at radius 3 is 2.60 bits per heavy atom. The summed E-state index contributed by atoms with van der Waals surface area (Å²) in [7, 11) is 1.73. The van der Waals surface area contributed by atoms with Gasteiger partial charge < -0.3 is 9.64 Å². The van der Waals surface area contributed by atoms with E-state index in [1.165, 1.54) is 0 Å². The second-order valence-corrected chi connectivity index (χ2v) is 8.92. The second kappa shape index (κ2) is 9.39. The first-order chi connectivity index (χ1) is 14.6. The fourth-order valence-corrected chi connectivity index (χ4v) is 5.22. The zero-order chi connectivity index (χ0) is 20.9. The fraction of sp³-hybridized carbons (Fsp3) is 0.375. The van der Waals surface area contributed by atoms with Crippen LogP contribution in [0.15, 0.2) is 54.6 Å². The Morgan fingerprint density at radius 2 is 1.80 bits per heavy atom. The highest BCUT2D eigenvalue weighted by atomic mass is 32.1. The molecule has 4 rings (SSSR count). The van der Waals surface area contributed by atoms with Crippen LogP contribution in [0.4, 0.5) is 0 Å². The summed E-state index contributed by atoms with van der Waals surface area (Å²) in [5, 5.41) is 1.00. The SMILES string of the molecule is CN(Cc1ccccc1)C(=O)COC(=O)[C@H]1CCCC[C@H]1c1nc2ccccc2s1. The summed E-state index contributed by atoms with van der Waals surface area (Å²) in [6, 6.07) is 17.8. The van der Waals surface area contributed by atoms with E-state index in [4.69, 9.17) is 9.72 Å². The van der Waals surface area contributed by atoms with Crippen LogP contribution in [0.25, 0.3) is 10.2 Å². The lowest BCUT2D eigenvalue weighted by Crippen LogP contribution is -2.33. The molecule has 2 aromatic carbocycles. The molecule has 0 spiro atoms. The van der Waals surface area contributed by atoms with Gasteiger partial charge in [-0.15, -0.1) is 11.3 Å². The molecular weight excluding hydrogens is 396 g/mol. The molecule has 1 saturated carbocycles. The Morgan fingerprint density at radius 1 is 1.07 bits per heavy atom. The largest absolute Gasteiger partial charge is 0.455 e. The summed E-state index contributed by atoms with van der Waals surface area (Å²) in [5.74, 6) is -0.632. The summed E-state index contributed by atoms with van der Waals surface area (Å²) in [6.45, 7) is 0.278. The molecule has 1 aliphatic rings. The van der Waals surface area contributed by atoms with Crippen LogP contribution in [0, 0.1) is 5.92 Å². The van der Waals surface area contributed by atoms with Crippen LogP contribution >= 0.6 is 11.3 Å². The zero-order valence-corrected chi connectivity index (χ0v) is 17.9. The van der Waals surface area contributed by atoms with Crippen molar-refractivity contribution in [1.82, 2.24) is 9.88 Å². The van der Waals surface area contributed by atoms with Gasteiger partial charge in [0.15, 0.2) is 6.61 Å². The highest BCUT2D eigenvalue weighted by Gasteiger charge is 2.35. The predicted molar refractivity (Wildman–Crippen MR) is 118 cm³/mol. The lowest BCUT2D eigenvalue weighted by molar-refractivity contribution is -0.156. The van der Waals surface area contributed by atoms with Gasteiger partial charge in [0, 0.05) is 19.5 Å². The molecule has 2 atom stereocenters. The molecule has 0 radical (unpaired) electrons. The Kier molecular flexibility index (Phi) is 6.43. The number of aromatic nitrogens is 1. The number of hydrogen-bond acceptors (Lipinski definition) is 5. The van der Waals surface area contributed by atoms with E-state index in [2.05, 4.69) is 6.07 Å². The van der Waals surface area contributed by atoms with E-state index in [9.17, 15) is 9.59 Å². The first-order valence-corrected chi connectivity index (χ1v) is 11.2. The minimum absolute atomic E-state index is 0.0702. The van der Waals surface area contributed by atoms with Gasteiger partial charge in [-0.2, -0.15) is 0 Å². The van der Waals surface area contributed by atoms with E-state index >= 15 is 0 Å². The molecule has 30 heavy (non-hydrogen) atoms. The maximum absolute atomic E-state index is 12.9. The Balaban J connectivity index is 1.38.